The van der Waals surface area contributed by atoms with E-state index in [1.54, 1.807) is 12.1 Å². The van der Waals surface area contributed by atoms with E-state index in [4.69, 9.17) is 23.2 Å². The molecule has 0 aliphatic heterocycles. The average molecular weight is 362 g/mol. The molecule has 1 rings (SSSR count). The molecule has 6 heteroatoms. The van der Waals surface area contributed by atoms with Crippen molar-refractivity contribution < 1.29 is 5.11 Å². The summed E-state index contributed by atoms with van der Waals surface area (Å²) >= 11 is 12.1. The van der Waals surface area contributed by atoms with Gasteiger partial charge in [0.05, 0.1) is 5.02 Å². The Balaban J connectivity index is 2.70. The van der Waals surface area contributed by atoms with Gasteiger partial charge < -0.3 is 14.9 Å². The maximum Gasteiger partial charge on any atom is 0.138 e. The molecule has 1 aromatic rings. The highest BCUT2D eigenvalue weighted by molar-refractivity contribution is 6.35. The van der Waals surface area contributed by atoms with E-state index >= 15 is 0 Å². The zero-order chi connectivity index (χ0) is 17.4. The first-order valence-electron chi connectivity index (χ1n) is 7.98. The summed E-state index contributed by atoms with van der Waals surface area (Å²) in [6.45, 7) is 4.72. The number of benzene rings is 1. The third-order valence-corrected chi connectivity index (χ3v) is 4.17. The molecule has 0 aliphatic carbocycles. The van der Waals surface area contributed by atoms with Crippen LogP contribution >= 0.6 is 23.2 Å². The molecule has 1 aromatic carbocycles. The van der Waals surface area contributed by atoms with Crippen molar-refractivity contribution in [2.75, 3.05) is 54.4 Å². The normalized spacial score (nSPS) is 11.9. The van der Waals surface area contributed by atoms with Gasteiger partial charge in [-0.1, -0.05) is 23.2 Å². The summed E-state index contributed by atoms with van der Waals surface area (Å²) in [6, 6.07) is 3.37. The van der Waals surface area contributed by atoms with Gasteiger partial charge in [0, 0.05) is 17.1 Å². The van der Waals surface area contributed by atoms with Crippen LogP contribution in [0.2, 0.25) is 10.0 Å². The third-order valence-electron chi connectivity index (χ3n) is 3.66. The van der Waals surface area contributed by atoms with Gasteiger partial charge in [-0.3, -0.25) is 4.90 Å². The van der Waals surface area contributed by atoms with Crippen LogP contribution in [0.3, 0.4) is 0 Å². The lowest BCUT2D eigenvalue weighted by Crippen LogP contribution is -2.30. The van der Waals surface area contributed by atoms with Crippen LogP contribution in [0.25, 0.3) is 0 Å². The van der Waals surface area contributed by atoms with Crippen LogP contribution < -0.4 is 0 Å². The molecule has 0 aromatic heterocycles. The fraction of sp³-hybridized carbons (Fsp3) is 0.647. The van der Waals surface area contributed by atoms with Gasteiger partial charge in [-0.05, 0) is 79.3 Å². The van der Waals surface area contributed by atoms with E-state index in [-0.39, 0.29) is 5.75 Å². The highest BCUT2D eigenvalue weighted by Crippen LogP contribution is 2.32. The summed E-state index contributed by atoms with van der Waals surface area (Å²) in [4.78, 5) is 6.73. The van der Waals surface area contributed by atoms with E-state index in [2.05, 4.69) is 42.9 Å². The Morgan fingerprint density at radius 1 is 0.870 bits per heavy atom. The first-order valence-corrected chi connectivity index (χ1v) is 8.74. The quantitative estimate of drug-likeness (QED) is 0.691. The first kappa shape index (κ1) is 20.5. The molecule has 132 valence electrons. The van der Waals surface area contributed by atoms with Gasteiger partial charge in [-0.25, -0.2) is 0 Å². The number of nitrogens with zero attached hydrogens (tertiary/aromatic N) is 3. The summed E-state index contributed by atoms with van der Waals surface area (Å²) in [5, 5.41) is 11.0. The molecule has 0 atom stereocenters. The molecule has 0 amide bonds. The Bertz CT molecular complexity index is 467. The summed E-state index contributed by atoms with van der Waals surface area (Å²) in [5.74, 6) is 0.140. The Hall–Kier alpha value is -0.520. The van der Waals surface area contributed by atoms with Crippen LogP contribution in [0.4, 0.5) is 0 Å². The van der Waals surface area contributed by atoms with Gasteiger partial charge in [0.15, 0.2) is 0 Å². The van der Waals surface area contributed by atoms with E-state index in [9.17, 15) is 5.11 Å². The highest BCUT2D eigenvalue weighted by atomic mass is 35.5. The molecule has 0 radical (unpaired) electrons. The second-order valence-electron chi connectivity index (χ2n) is 6.49. The number of halogens is 2. The molecule has 0 heterocycles. The standard InChI is InChI=1S/C17H29Cl2N3O/c1-20(2)7-5-9-22(10-6-8-21(3)4)13-14-11-15(18)12-16(19)17(14)23/h11-12,23H,5-10,13H2,1-4H3. The first-order chi connectivity index (χ1) is 10.8. The second kappa shape index (κ2) is 10.4. The Morgan fingerprint density at radius 2 is 1.39 bits per heavy atom. The van der Waals surface area contributed by atoms with E-state index in [1.807, 2.05) is 0 Å². The Morgan fingerprint density at radius 3 is 1.87 bits per heavy atom. The largest absolute Gasteiger partial charge is 0.506 e. The fourth-order valence-corrected chi connectivity index (χ4v) is 3.01. The molecular formula is C17H29Cl2N3O. The number of phenolic OH excluding ortho intramolecular Hbond substituents is 1. The minimum Gasteiger partial charge on any atom is -0.506 e. The number of phenols is 1. The molecule has 0 unspecified atom stereocenters. The molecule has 0 fully saturated rings. The zero-order valence-electron chi connectivity index (χ0n) is 14.6. The van der Waals surface area contributed by atoms with Crippen molar-refractivity contribution in [2.24, 2.45) is 0 Å². The highest BCUT2D eigenvalue weighted by Gasteiger charge is 2.13. The minimum absolute atomic E-state index is 0.140. The van der Waals surface area contributed by atoms with Gasteiger partial charge in [0.1, 0.15) is 5.75 Å². The lowest BCUT2D eigenvalue weighted by Gasteiger charge is -2.24. The van der Waals surface area contributed by atoms with Crippen molar-refractivity contribution in [1.82, 2.24) is 14.7 Å². The van der Waals surface area contributed by atoms with E-state index in [1.165, 1.54) is 0 Å². The van der Waals surface area contributed by atoms with Crippen LogP contribution in [0.5, 0.6) is 5.75 Å². The molecule has 0 bridgehead atoms. The number of rotatable bonds is 10. The van der Waals surface area contributed by atoms with Gasteiger partial charge in [-0.2, -0.15) is 0 Å². The lowest BCUT2D eigenvalue weighted by molar-refractivity contribution is 0.231. The topological polar surface area (TPSA) is 30.0 Å². The van der Waals surface area contributed by atoms with Gasteiger partial charge in [-0.15, -0.1) is 0 Å². The Labute approximate surface area is 150 Å². The van der Waals surface area contributed by atoms with Gasteiger partial charge >= 0.3 is 0 Å². The van der Waals surface area contributed by atoms with Crippen LogP contribution in [-0.4, -0.2) is 74.2 Å². The van der Waals surface area contributed by atoms with E-state index in [0.717, 1.165) is 44.6 Å². The smallest absolute Gasteiger partial charge is 0.138 e. The van der Waals surface area contributed by atoms with Crippen molar-refractivity contribution >= 4 is 23.2 Å². The van der Waals surface area contributed by atoms with Crippen LogP contribution in [0.15, 0.2) is 12.1 Å². The minimum atomic E-state index is 0.140. The maximum atomic E-state index is 10.2. The zero-order valence-corrected chi connectivity index (χ0v) is 16.2. The molecule has 0 saturated carbocycles. The molecular weight excluding hydrogens is 333 g/mol. The summed E-state index contributed by atoms with van der Waals surface area (Å²) in [6.07, 6.45) is 2.17. The molecule has 0 saturated heterocycles. The maximum absolute atomic E-state index is 10.2. The average Bonchev–Trinajstić information content (AvgIpc) is 2.43. The summed E-state index contributed by atoms with van der Waals surface area (Å²) in [5.41, 5.74) is 0.789. The number of hydrogen-bond donors (Lipinski definition) is 1. The SMILES string of the molecule is CN(C)CCCN(CCCN(C)C)Cc1cc(Cl)cc(Cl)c1O. The van der Waals surface area contributed by atoms with Crippen molar-refractivity contribution in [3.63, 3.8) is 0 Å². The molecule has 4 nitrogen and oxygen atoms in total. The number of aromatic hydroxyl groups is 1. The lowest BCUT2D eigenvalue weighted by atomic mass is 10.1. The van der Waals surface area contributed by atoms with E-state index < -0.39 is 0 Å². The van der Waals surface area contributed by atoms with Gasteiger partial charge in [0.25, 0.3) is 0 Å². The monoisotopic (exact) mass is 361 g/mol. The Kier molecular flexibility index (Phi) is 9.25. The summed E-state index contributed by atoms with van der Waals surface area (Å²) in [7, 11) is 8.33. The predicted octanol–water partition coefficient (Wildman–Crippen LogP) is 3.40. The molecule has 0 spiro atoms. The van der Waals surface area contributed by atoms with Crippen molar-refractivity contribution in [2.45, 2.75) is 19.4 Å². The summed E-state index contributed by atoms with van der Waals surface area (Å²) < 4.78 is 0. The van der Waals surface area contributed by atoms with E-state index in [0.29, 0.717) is 16.6 Å². The van der Waals surface area contributed by atoms with Crippen molar-refractivity contribution in [1.29, 1.82) is 0 Å². The molecule has 1 N–H and O–H groups in total. The number of hydrogen-bond acceptors (Lipinski definition) is 4. The van der Waals surface area contributed by atoms with Crippen molar-refractivity contribution in [3.8, 4) is 5.75 Å². The predicted molar refractivity (Wildman–Crippen MR) is 99.7 cm³/mol. The van der Waals surface area contributed by atoms with Crippen molar-refractivity contribution in [3.05, 3.63) is 27.7 Å². The molecule has 23 heavy (non-hydrogen) atoms. The van der Waals surface area contributed by atoms with Crippen LogP contribution in [0.1, 0.15) is 18.4 Å². The fourth-order valence-electron chi connectivity index (χ4n) is 2.47. The molecule has 0 aliphatic rings. The van der Waals surface area contributed by atoms with Crippen LogP contribution in [0, 0.1) is 0 Å². The van der Waals surface area contributed by atoms with Gasteiger partial charge in [0.2, 0.25) is 0 Å². The van der Waals surface area contributed by atoms with Crippen LogP contribution in [-0.2, 0) is 6.54 Å². The third kappa shape index (κ3) is 8.23. The second-order valence-corrected chi connectivity index (χ2v) is 7.33.